The first kappa shape index (κ1) is 14.8. The third-order valence-electron chi connectivity index (χ3n) is 5.04. The molecule has 0 saturated carbocycles. The van der Waals surface area contributed by atoms with Crippen LogP contribution in [0.3, 0.4) is 0 Å². The summed E-state index contributed by atoms with van der Waals surface area (Å²) in [7, 11) is 0. The first-order chi connectivity index (χ1) is 11.3. The normalized spacial score (nSPS) is 21.7. The van der Waals surface area contributed by atoms with Crippen LogP contribution in [0.25, 0.3) is 0 Å². The summed E-state index contributed by atoms with van der Waals surface area (Å²) in [4.78, 5) is 11.0. The highest BCUT2D eigenvalue weighted by atomic mass is 15.5. The Balaban J connectivity index is 1.52. The van der Waals surface area contributed by atoms with Crippen LogP contribution in [0.4, 0.5) is 0 Å². The largest absolute Gasteiger partial charge is 0.344 e. The van der Waals surface area contributed by atoms with Crippen LogP contribution in [0, 0.1) is 0 Å². The highest BCUT2D eigenvalue weighted by Gasteiger charge is 2.30. The fourth-order valence-electron chi connectivity index (χ4n) is 3.86. The molecule has 1 saturated heterocycles. The van der Waals surface area contributed by atoms with Crippen molar-refractivity contribution in [3.8, 4) is 0 Å². The van der Waals surface area contributed by atoms with Gasteiger partial charge in [0.25, 0.3) is 0 Å². The molecule has 2 aromatic heterocycles. The number of likely N-dealkylation sites (tertiary alicyclic amines) is 1. The molecule has 2 aliphatic rings. The van der Waals surface area contributed by atoms with Crippen LogP contribution in [0.15, 0.2) is 0 Å². The molecule has 1 N–H and O–H groups in total. The molecule has 2 aromatic rings. The topological polar surface area (TPSA) is 75.5 Å². The van der Waals surface area contributed by atoms with Gasteiger partial charge in [0.15, 0.2) is 5.82 Å². The number of hydrogen-bond donors (Lipinski definition) is 1. The average Bonchev–Trinajstić information content (AvgIpc) is 3.27. The molecule has 0 amide bonds. The van der Waals surface area contributed by atoms with E-state index >= 15 is 0 Å². The number of rotatable bonds is 5. The summed E-state index contributed by atoms with van der Waals surface area (Å²) in [6, 6.07) is 0.382. The van der Waals surface area contributed by atoms with Crippen molar-refractivity contribution in [1.29, 1.82) is 0 Å². The minimum absolute atomic E-state index is 0.382. The Morgan fingerprint density at radius 3 is 3.00 bits per heavy atom. The maximum absolute atomic E-state index is 4.92. The Hall–Kier alpha value is -1.76. The highest BCUT2D eigenvalue weighted by molar-refractivity contribution is 5.19. The van der Waals surface area contributed by atoms with E-state index in [0.717, 1.165) is 50.5 Å². The minimum atomic E-state index is 0.382. The molecule has 23 heavy (non-hydrogen) atoms. The van der Waals surface area contributed by atoms with Gasteiger partial charge in [0.2, 0.25) is 0 Å². The fourth-order valence-corrected chi connectivity index (χ4v) is 3.86. The van der Waals surface area contributed by atoms with Crippen LogP contribution in [0.1, 0.15) is 68.1 Å². The van der Waals surface area contributed by atoms with E-state index in [1.165, 1.54) is 37.1 Å². The molecule has 0 radical (unpaired) electrons. The van der Waals surface area contributed by atoms with Crippen LogP contribution in [-0.2, 0) is 25.9 Å². The molecule has 0 spiro atoms. The number of fused-ring (bicyclic) bond motifs is 1. The number of nitrogens with zero attached hydrogens (tertiary/aromatic N) is 6. The Bertz CT molecular complexity index is 636. The lowest BCUT2D eigenvalue weighted by atomic mass is 10.0. The van der Waals surface area contributed by atoms with Crippen molar-refractivity contribution in [3.05, 3.63) is 23.0 Å². The van der Waals surface area contributed by atoms with Crippen molar-refractivity contribution in [2.24, 2.45) is 0 Å². The summed E-state index contributed by atoms with van der Waals surface area (Å²) in [5.41, 5.74) is 2.67. The maximum atomic E-state index is 4.92. The predicted octanol–water partition coefficient (Wildman–Crippen LogP) is 2.02. The van der Waals surface area contributed by atoms with Gasteiger partial charge in [-0.3, -0.25) is 4.90 Å². The smallest absolute Gasteiger partial charge is 0.165 e. The quantitative estimate of drug-likeness (QED) is 0.913. The van der Waals surface area contributed by atoms with E-state index in [4.69, 9.17) is 4.98 Å². The highest BCUT2D eigenvalue weighted by Crippen LogP contribution is 2.33. The number of nitrogens with one attached hydrogen (secondary N) is 1. The molecular formula is C16H25N7. The molecule has 1 fully saturated rings. The molecule has 4 rings (SSSR count). The second-order valence-corrected chi connectivity index (χ2v) is 6.70. The monoisotopic (exact) mass is 315 g/mol. The summed E-state index contributed by atoms with van der Waals surface area (Å²) in [5, 5.41) is 12.2. The number of aromatic nitrogens is 6. The number of aryl methyl sites for hydroxylation is 3. The number of aromatic amines is 1. The third kappa shape index (κ3) is 2.89. The van der Waals surface area contributed by atoms with Crippen molar-refractivity contribution in [1.82, 2.24) is 35.1 Å². The Morgan fingerprint density at radius 2 is 2.13 bits per heavy atom. The van der Waals surface area contributed by atoms with Gasteiger partial charge in [-0.2, -0.15) is 0 Å². The molecule has 1 aliphatic heterocycles. The van der Waals surface area contributed by atoms with E-state index in [0.29, 0.717) is 6.04 Å². The van der Waals surface area contributed by atoms with Crippen molar-refractivity contribution < 1.29 is 0 Å². The van der Waals surface area contributed by atoms with Gasteiger partial charge in [0.1, 0.15) is 5.82 Å². The zero-order valence-corrected chi connectivity index (χ0v) is 13.8. The van der Waals surface area contributed by atoms with Gasteiger partial charge in [-0.05, 0) is 61.9 Å². The van der Waals surface area contributed by atoms with E-state index in [2.05, 4.69) is 32.3 Å². The van der Waals surface area contributed by atoms with E-state index in [-0.39, 0.29) is 0 Å². The molecule has 7 nitrogen and oxygen atoms in total. The van der Waals surface area contributed by atoms with Crippen molar-refractivity contribution in [3.63, 3.8) is 0 Å². The lowest BCUT2D eigenvalue weighted by Crippen LogP contribution is -2.25. The zero-order valence-electron chi connectivity index (χ0n) is 13.8. The van der Waals surface area contributed by atoms with E-state index < -0.39 is 0 Å². The van der Waals surface area contributed by atoms with E-state index in [1.807, 2.05) is 4.68 Å². The van der Waals surface area contributed by atoms with Gasteiger partial charge < -0.3 is 4.98 Å². The fraction of sp³-hybridized carbons (Fsp3) is 0.750. The average molecular weight is 315 g/mol. The summed E-state index contributed by atoms with van der Waals surface area (Å²) >= 11 is 0. The summed E-state index contributed by atoms with van der Waals surface area (Å²) in [6.07, 6.45) is 8.28. The van der Waals surface area contributed by atoms with E-state index in [1.54, 1.807) is 0 Å². The first-order valence-corrected chi connectivity index (χ1v) is 8.92. The van der Waals surface area contributed by atoms with Crippen LogP contribution >= 0.6 is 0 Å². The third-order valence-corrected chi connectivity index (χ3v) is 5.04. The van der Waals surface area contributed by atoms with Crippen LogP contribution in [-0.4, -0.2) is 41.6 Å². The molecule has 0 aromatic carbocycles. The molecule has 124 valence electrons. The molecule has 1 aliphatic carbocycles. The summed E-state index contributed by atoms with van der Waals surface area (Å²) in [5.74, 6) is 2.12. The molecule has 0 bridgehead atoms. The molecule has 0 unspecified atom stereocenters. The van der Waals surface area contributed by atoms with Gasteiger partial charge in [-0.15, -0.1) is 5.10 Å². The first-order valence-electron chi connectivity index (χ1n) is 8.92. The minimum Gasteiger partial charge on any atom is -0.344 e. The SMILES string of the molecule is CCCn1nnnc1CN1CCC[C@H]1c1nc2c([nH]1)CCCC2. The summed E-state index contributed by atoms with van der Waals surface area (Å²) < 4.78 is 1.93. The van der Waals surface area contributed by atoms with Gasteiger partial charge in [-0.25, -0.2) is 9.67 Å². The van der Waals surface area contributed by atoms with Crippen LogP contribution < -0.4 is 0 Å². The lowest BCUT2D eigenvalue weighted by Gasteiger charge is -2.22. The second kappa shape index (κ2) is 6.39. The predicted molar refractivity (Wildman–Crippen MR) is 85.7 cm³/mol. The summed E-state index contributed by atoms with van der Waals surface area (Å²) in [6.45, 7) is 4.94. The molecule has 7 heteroatoms. The van der Waals surface area contributed by atoms with Crippen molar-refractivity contribution in [2.45, 2.75) is 71.0 Å². The Morgan fingerprint density at radius 1 is 1.22 bits per heavy atom. The number of H-pyrrole nitrogens is 1. The molecular weight excluding hydrogens is 290 g/mol. The molecule has 3 heterocycles. The number of tetrazole rings is 1. The standard InChI is InChI=1S/C16H25N7/c1-2-9-23-15(19-20-21-23)11-22-10-5-8-14(22)16-17-12-6-3-4-7-13(12)18-16/h14H,2-11H2,1H3,(H,17,18)/t14-/m0/s1. The molecule has 1 atom stereocenters. The zero-order chi connectivity index (χ0) is 15.6. The van der Waals surface area contributed by atoms with Crippen molar-refractivity contribution in [2.75, 3.05) is 6.54 Å². The van der Waals surface area contributed by atoms with Gasteiger partial charge in [-0.1, -0.05) is 6.92 Å². The maximum Gasteiger partial charge on any atom is 0.165 e. The van der Waals surface area contributed by atoms with Gasteiger partial charge in [0.05, 0.1) is 18.3 Å². The lowest BCUT2D eigenvalue weighted by molar-refractivity contribution is 0.229. The number of hydrogen-bond acceptors (Lipinski definition) is 5. The Labute approximate surface area is 136 Å². The van der Waals surface area contributed by atoms with Gasteiger partial charge in [0, 0.05) is 12.2 Å². The van der Waals surface area contributed by atoms with Crippen LogP contribution in [0.2, 0.25) is 0 Å². The number of imidazole rings is 1. The van der Waals surface area contributed by atoms with Gasteiger partial charge >= 0.3 is 0 Å². The van der Waals surface area contributed by atoms with E-state index in [9.17, 15) is 0 Å². The van der Waals surface area contributed by atoms with Crippen LogP contribution in [0.5, 0.6) is 0 Å². The van der Waals surface area contributed by atoms with Crippen molar-refractivity contribution >= 4 is 0 Å². The second-order valence-electron chi connectivity index (χ2n) is 6.70. The Kier molecular flexibility index (Phi) is 4.11.